The van der Waals surface area contributed by atoms with Crippen LogP contribution in [0.3, 0.4) is 0 Å². The molecule has 2 atom stereocenters. The third-order valence-corrected chi connectivity index (χ3v) is 6.93. The Bertz CT molecular complexity index is 780. The highest BCUT2D eigenvalue weighted by Crippen LogP contribution is 2.41. The van der Waals surface area contributed by atoms with Crippen molar-refractivity contribution in [1.29, 1.82) is 0 Å². The topological polar surface area (TPSA) is 68.3 Å². The standard InChI is InChI=1S/C21H26N2O3S/c24-19(22-14-7-1-2-8-14)13-26-21(25)16-10-4-3-9-15(16)20-23-17-11-5-6-12-18(17)27-20/h5-6,11-12,14-16H,1-4,7-10,13H2,(H,22,24)/t15-,16+/m1/s1. The van der Waals surface area contributed by atoms with Crippen molar-refractivity contribution in [1.82, 2.24) is 10.3 Å². The van der Waals surface area contributed by atoms with E-state index in [0.29, 0.717) is 0 Å². The molecular weight excluding hydrogens is 360 g/mol. The van der Waals surface area contributed by atoms with Crippen LogP contribution in [0.4, 0.5) is 0 Å². The SMILES string of the molecule is O=C(COC(=O)[C@H]1CCCC[C@H]1c1nc2ccccc2s1)NC1CCCC1. The van der Waals surface area contributed by atoms with Gasteiger partial charge in [-0.25, -0.2) is 4.98 Å². The van der Waals surface area contributed by atoms with Gasteiger partial charge < -0.3 is 10.1 Å². The van der Waals surface area contributed by atoms with Gasteiger partial charge in [0.05, 0.1) is 21.1 Å². The summed E-state index contributed by atoms with van der Waals surface area (Å²) in [4.78, 5) is 29.5. The number of fused-ring (bicyclic) bond motifs is 1. The maximum atomic E-state index is 12.7. The number of aromatic nitrogens is 1. The zero-order valence-corrected chi connectivity index (χ0v) is 16.3. The number of nitrogens with one attached hydrogen (secondary N) is 1. The molecule has 0 saturated heterocycles. The lowest BCUT2D eigenvalue weighted by atomic mass is 9.79. The molecule has 2 saturated carbocycles. The number of nitrogens with zero attached hydrogens (tertiary/aromatic N) is 1. The van der Waals surface area contributed by atoms with Crippen molar-refractivity contribution < 1.29 is 14.3 Å². The van der Waals surface area contributed by atoms with E-state index in [9.17, 15) is 9.59 Å². The quantitative estimate of drug-likeness (QED) is 0.783. The third-order valence-electron chi connectivity index (χ3n) is 5.76. The molecule has 27 heavy (non-hydrogen) atoms. The summed E-state index contributed by atoms with van der Waals surface area (Å²) in [6.07, 6.45) is 8.27. The van der Waals surface area contributed by atoms with Gasteiger partial charge in [-0.1, -0.05) is 37.8 Å². The molecule has 2 aliphatic rings. The number of amides is 1. The number of benzene rings is 1. The lowest BCUT2D eigenvalue weighted by Crippen LogP contribution is -2.37. The first-order valence-electron chi connectivity index (χ1n) is 10.0. The van der Waals surface area contributed by atoms with Gasteiger partial charge in [0.1, 0.15) is 0 Å². The minimum atomic E-state index is -0.250. The van der Waals surface area contributed by atoms with Crippen LogP contribution in [0.25, 0.3) is 10.2 Å². The number of rotatable bonds is 5. The number of thiazole rings is 1. The van der Waals surface area contributed by atoms with Gasteiger partial charge in [0, 0.05) is 12.0 Å². The summed E-state index contributed by atoms with van der Waals surface area (Å²) in [6.45, 7) is -0.168. The number of carbonyl (C=O) groups is 2. The van der Waals surface area contributed by atoms with Crippen molar-refractivity contribution in [2.45, 2.75) is 63.3 Å². The molecule has 0 spiro atoms. The van der Waals surface area contributed by atoms with Crippen molar-refractivity contribution in [3.05, 3.63) is 29.3 Å². The first-order chi connectivity index (χ1) is 13.2. The summed E-state index contributed by atoms with van der Waals surface area (Å²) in [7, 11) is 0. The minimum Gasteiger partial charge on any atom is -0.455 e. The largest absolute Gasteiger partial charge is 0.455 e. The Morgan fingerprint density at radius 1 is 1.07 bits per heavy atom. The van der Waals surface area contributed by atoms with Crippen LogP contribution in [0.1, 0.15) is 62.3 Å². The van der Waals surface area contributed by atoms with Crippen molar-refractivity contribution in [2.24, 2.45) is 5.92 Å². The Kier molecular flexibility index (Phi) is 5.72. The summed E-state index contributed by atoms with van der Waals surface area (Å²) in [6, 6.07) is 8.33. The molecule has 2 aliphatic carbocycles. The monoisotopic (exact) mass is 386 g/mol. The number of esters is 1. The average Bonchev–Trinajstić information content (AvgIpc) is 3.35. The predicted octanol–water partition coefficient (Wildman–Crippen LogP) is 4.17. The van der Waals surface area contributed by atoms with Crippen molar-refractivity contribution in [2.75, 3.05) is 6.61 Å². The highest BCUT2D eigenvalue weighted by molar-refractivity contribution is 7.18. The first kappa shape index (κ1) is 18.4. The van der Waals surface area contributed by atoms with Crippen LogP contribution < -0.4 is 5.32 Å². The predicted molar refractivity (Wildman–Crippen MR) is 106 cm³/mol. The number of para-hydroxylation sites is 1. The van der Waals surface area contributed by atoms with E-state index in [2.05, 4.69) is 11.4 Å². The highest BCUT2D eigenvalue weighted by atomic mass is 32.1. The highest BCUT2D eigenvalue weighted by Gasteiger charge is 2.35. The number of ether oxygens (including phenoxy) is 1. The van der Waals surface area contributed by atoms with Crippen molar-refractivity contribution in [3.63, 3.8) is 0 Å². The van der Waals surface area contributed by atoms with Crippen LogP contribution in [-0.2, 0) is 14.3 Å². The maximum absolute atomic E-state index is 12.7. The molecule has 0 unspecified atom stereocenters. The lowest BCUT2D eigenvalue weighted by Gasteiger charge is -2.28. The van der Waals surface area contributed by atoms with Gasteiger partial charge in [0.15, 0.2) is 6.61 Å². The summed E-state index contributed by atoms with van der Waals surface area (Å²) in [5, 5.41) is 3.99. The van der Waals surface area contributed by atoms with Gasteiger partial charge in [0.2, 0.25) is 0 Å². The summed E-state index contributed by atoms with van der Waals surface area (Å²) < 4.78 is 6.56. The van der Waals surface area contributed by atoms with E-state index in [0.717, 1.165) is 66.6 Å². The van der Waals surface area contributed by atoms with Crippen LogP contribution in [0.5, 0.6) is 0 Å². The second-order valence-electron chi connectivity index (χ2n) is 7.67. The van der Waals surface area contributed by atoms with Gasteiger partial charge in [-0.05, 0) is 37.8 Å². The Labute approximate surface area is 163 Å². The van der Waals surface area contributed by atoms with Gasteiger partial charge in [-0.2, -0.15) is 0 Å². The molecule has 1 heterocycles. The molecular formula is C21H26N2O3S. The van der Waals surface area contributed by atoms with Gasteiger partial charge in [-0.3, -0.25) is 9.59 Å². The molecule has 144 valence electrons. The van der Waals surface area contributed by atoms with Gasteiger partial charge in [0.25, 0.3) is 5.91 Å². The molecule has 0 bridgehead atoms. The molecule has 1 amide bonds. The van der Waals surface area contributed by atoms with Crippen LogP contribution >= 0.6 is 11.3 Å². The van der Waals surface area contributed by atoms with E-state index in [-0.39, 0.29) is 36.4 Å². The third kappa shape index (κ3) is 4.32. The van der Waals surface area contributed by atoms with E-state index in [1.165, 1.54) is 0 Å². The summed E-state index contributed by atoms with van der Waals surface area (Å²) in [5.41, 5.74) is 0.992. The smallest absolute Gasteiger partial charge is 0.310 e. The Balaban J connectivity index is 1.39. The van der Waals surface area contributed by atoms with Crippen LogP contribution in [-0.4, -0.2) is 29.5 Å². The van der Waals surface area contributed by atoms with E-state index in [1.807, 2.05) is 18.2 Å². The van der Waals surface area contributed by atoms with E-state index < -0.39 is 0 Å². The molecule has 1 N–H and O–H groups in total. The fraction of sp³-hybridized carbons (Fsp3) is 0.571. The minimum absolute atomic E-state index is 0.0987. The molecule has 5 nitrogen and oxygen atoms in total. The van der Waals surface area contributed by atoms with Gasteiger partial charge in [-0.15, -0.1) is 11.3 Å². The van der Waals surface area contributed by atoms with Gasteiger partial charge >= 0.3 is 5.97 Å². The van der Waals surface area contributed by atoms with Crippen LogP contribution in [0.2, 0.25) is 0 Å². The molecule has 6 heteroatoms. The molecule has 2 fully saturated rings. The van der Waals surface area contributed by atoms with Crippen molar-refractivity contribution >= 4 is 33.4 Å². The first-order valence-corrected chi connectivity index (χ1v) is 10.8. The van der Waals surface area contributed by atoms with E-state index in [4.69, 9.17) is 9.72 Å². The average molecular weight is 387 g/mol. The van der Waals surface area contributed by atoms with Crippen LogP contribution in [0, 0.1) is 5.92 Å². The summed E-state index contributed by atoms with van der Waals surface area (Å²) in [5.74, 6) is -0.525. The fourth-order valence-electron chi connectivity index (χ4n) is 4.34. The Morgan fingerprint density at radius 3 is 2.63 bits per heavy atom. The zero-order chi connectivity index (χ0) is 18.6. The lowest BCUT2D eigenvalue weighted by molar-refractivity contribution is -0.154. The molecule has 1 aromatic heterocycles. The van der Waals surface area contributed by atoms with E-state index in [1.54, 1.807) is 11.3 Å². The van der Waals surface area contributed by atoms with E-state index >= 15 is 0 Å². The fourth-order valence-corrected chi connectivity index (χ4v) is 5.51. The Hall–Kier alpha value is -1.95. The molecule has 4 rings (SSSR count). The number of hydrogen-bond donors (Lipinski definition) is 1. The molecule has 2 aromatic rings. The van der Waals surface area contributed by atoms with Crippen LogP contribution in [0.15, 0.2) is 24.3 Å². The summed E-state index contributed by atoms with van der Waals surface area (Å²) >= 11 is 1.67. The maximum Gasteiger partial charge on any atom is 0.310 e. The normalized spacial score (nSPS) is 23.4. The second-order valence-corrected chi connectivity index (χ2v) is 8.74. The zero-order valence-electron chi connectivity index (χ0n) is 15.5. The number of hydrogen-bond acceptors (Lipinski definition) is 5. The molecule has 0 radical (unpaired) electrons. The molecule has 0 aliphatic heterocycles. The van der Waals surface area contributed by atoms with Crippen molar-refractivity contribution in [3.8, 4) is 0 Å². The molecule has 1 aromatic carbocycles. The Morgan fingerprint density at radius 2 is 1.81 bits per heavy atom. The number of carbonyl (C=O) groups excluding carboxylic acids is 2. The second kappa shape index (κ2) is 8.38.